The molecule has 0 bridgehead atoms. The number of hydrogen-bond acceptors (Lipinski definition) is 3. The van der Waals surface area contributed by atoms with Gasteiger partial charge in [-0.15, -0.1) is 0 Å². The van der Waals surface area contributed by atoms with Gasteiger partial charge in [-0.3, -0.25) is 9.59 Å². The van der Waals surface area contributed by atoms with Crippen LogP contribution in [0.2, 0.25) is 0 Å². The van der Waals surface area contributed by atoms with E-state index in [9.17, 15) is 9.59 Å². The Morgan fingerprint density at radius 2 is 1.91 bits per heavy atom. The molecule has 0 amide bonds. The fourth-order valence-corrected chi connectivity index (χ4v) is 0.575. The molecule has 11 heavy (non-hydrogen) atoms. The van der Waals surface area contributed by atoms with Gasteiger partial charge in [0.25, 0.3) is 0 Å². The molecular formula is C7H13NO3. The minimum atomic E-state index is -0.959. The molecule has 1 unspecified atom stereocenters. The molecule has 0 spiro atoms. The summed E-state index contributed by atoms with van der Waals surface area (Å²) in [7, 11) is 0. The molecule has 0 aliphatic rings. The maximum atomic E-state index is 10.9. The smallest absolute Gasteiger partial charge is 0.306 e. The van der Waals surface area contributed by atoms with E-state index in [0.29, 0.717) is 0 Å². The number of hydrogen-bond donors (Lipinski definition) is 2. The largest absolute Gasteiger partial charge is 0.481 e. The van der Waals surface area contributed by atoms with Crippen LogP contribution in [0.4, 0.5) is 0 Å². The molecule has 4 heteroatoms. The molecule has 0 aromatic carbocycles. The summed E-state index contributed by atoms with van der Waals surface area (Å²) in [5.41, 5.74) is 5.24. The first-order valence-electron chi connectivity index (χ1n) is 3.46. The SMILES string of the molecule is CC(N)C(=O)C[C@@H](C)C(=O)O. The summed E-state index contributed by atoms with van der Waals surface area (Å²) in [5, 5.41) is 8.42. The van der Waals surface area contributed by atoms with Crippen molar-refractivity contribution in [2.75, 3.05) is 0 Å². The maximum Gasteiger partial charge on any atom is 0.306 e. The van der Waals surface area contributed by atoms with Gasteiger partial charge >= 0.3 is 5.97 Å². The van der Waals surface area contributed by atoms with Gasteiger partial charge < -0.3 is 10.8 Å². The van der Waals surface area contributed by atoms with Gasteiger partial charge in [-0.25, -0.2) is 0 Å². The zero-order valence-corrected chi connectivity index (χ0v) is 6.70. The fraction of sp³-hybridized carbons (Fsp3) is 0.714. The van der Waals surface area contributed by atoms with Crippen LogP contribution in [0.15, 0.2) is 0 Å². The van der Waals surface area contributed by atoms with E-state index >= 15 is 0 Å². The maximum absolute atomic E-state index is 10.9. The third kappa shape index (κ3) is 3.72. The van der Waals surface area contributed by atoms with E-state index in [2.05, 4.69) is 0 Å². The molecule has 0 aromatic rings. The van der Waals surface area contributed by atoms with Crippen molar-refractivity contribution in [2.24, 2.45) is 11.7 Å². The van der Waals surface area contributed by atoms with Crippen LogP contribution in [0, 0.1) is 5.92 Å². The number of aliphatic carboxylic acids is 1. The monoisotopic (exact) mass is 159 g/mol. The number of ketones is 1. The van der Waals surface area contributed by atoms with Gasteiger partial charge in [0.15, 0.2) is 0 Å². The highest BCUT2D eigenvalue weighted by Crippen LogP contribution is 2.03. The van der Waals surface area contributed by atoms with E-state index in [4.69, 9.17) is 10.8 Å². The minimum Gasteiger partial charge on any atom is -0.481 e. The van der Waals surface area contributed by atoms with Gasteiger partial charge in [-0.2, -0.15) is 0 Å². The minimum absolute atomic E-state index is 0.0208. The highest BCUT2D eigenvalue weighted by Gasteiger charge is 2.17. The molecule has 0 radical (unpaired) electrons. The molecule has 4 nitrogen and oxygen atoms in total. The molecule has 2 atom stereocenters. The number of carboxylic acids is 1. The molecule has 64 valence electrons. The first-order valence-corrected chi connectivity index (χ1v) is 3.46. The lowest BCUT2D eigenvalue weighted by Gasteiger charge is -2.06. The summed E-state index contributed by atoms with van der Waals surface area (Å²) >= 11 is 0. The lowest BCUT2D eigenvalue weighted by Crippen LogP contribution is -2.29. The Kier molecular flexibility index (Phi) is 3.74. The molecule has 0 saturated heterocycles. The van der Waals surface area contributed by atoms with Crippen molar-refractivity contribution in [3.05, 3.63) is 0 Å². The summed E-state index contributed by atoms with van der Waals surface area (Å²) in [6, 6.07) is -0.559. The zero-order chi connectivity index (χ0) is 9.02. The average molecular weight is 159 g/mol. The van der Waals surface area contributed by atoms with Crippen molar-refractivity contribution in [3.63, 3.8) is 0 Å². The summed E-state index contributed by atoms with van der Waals surface area (Å²) in [6.07, 6.45) is 0.0208. The Morgan fingerprint density at radius 1 is 1.45 bits per heavy atom. The number of rotatable bonds is 4. The van der Waals surface area contributed by atoms with Crippen molar-refractivity contribution in [2.45, 2.75) is 26.3 Å². The number of carbonyl (C=O) groups excluding carboxylic acids is 1. The quantitative estimate of drug-likeness (QED) is 0.605. The lowest BCUT2D eigenvalue weighted by atomic mass is 10.0. The van der Waals surface area contributed by atoms with Crippen LogP contribution in [-0.4, -0.2) is 22.9 Å². The third-order valence-electron chi connectivity index (χ3n) is 1.44. The van der Waals surface area contributed by atoms with Crippen molar-refractivity contribution in [3.8, 4) is 0 Å². The van der Waals surface area contributed by atoms with Crippen LogP contribution in [0.3, 0.4) is 0 Å². The predicted octanol–water partition coefficient (Wildman–Crippen LogP) is 0.0135. The number of carbonyl (C=O) groups is 2. The first kappa shape index (κ1) is 10.1. The normalized spacial score (nSPS) is 15.5. The Hall–Kier alpha value is -0.900. The molecule has 0 aromatic heterocycles. The van der Waals surface area contributed by atoms with Crippen molar-refractivity contribution in [1.82, 2.24) is 0 Å². The standard InChI is InChI=1S/C7H13NO3/c1-4(7(10)11)3-6(9)5(2)8/h4-5H,3,8H2,1-2H3,(H,10,11)/t4-,5?/m1/s1. The Bertz CT molecular complexity index is 165. The van der Waals surface area contributed by atoms with E-state index in [1.807, 2.05) is 0 Å². The van der Waals surface area contributed by atoms with E-state index in [1.165, 1.54) is 6.92 Å². The Balaban J connectivity index is 3.85. The van der Waals surface area contributed by atoms with Crippen LogP contribution in [0.25, 0.3) is 0 Å². The van der Waals surface area contributed by atoms with Crippen molar-refractivity contribution in [1.29, 1.82) is 0 Å². The molecule has 3 N–H and O–H groups in total. The predicted molar refractivity (Wildman–Crippen MR) is 40.1 cm³/mol. The van der Waals surface area contributed by atoms with Gasteiger partial charge in [0.1, 0.15) is 5.78 Å². The van der Waals surface area contributed by atoms with Gasteiger partial charge in [0, 0.05) is 6.42 Å². The summed E-state index contributed by atoms with van der Waals surface area (Å²) in [4.78, 5) is 21.1. The second-order valence-electron chi connectivity index (χ2n) is 2.70. The molecule has 0 aliphatic carbocycles. The topological polar surface area (TPSA) is 80.4 Å². The third-order valence-corrected chi connectivity index (χ3v) is 1.44. The number of Topliss-reactive ketones (excluding diaryl/α,β-unsaturated/α-hetero) is 1. The van der Waals surface area contributed by atoms with E-state index in [0.717, 1.165) is 0 Å². The summed E-state index contributed by atoms with van der Waals surface area (Å²) in [5.74, 6) is -1.80. The highest BCUT2D eigenvalue weighted by atomic mass is 16.4. The van der Waals surface area contributed by atoms with Gasteiger partial charge in [0.05, 0.1) is 12.0 Å². The summed E-state index contributed by atoms with van der Waals surface area (Å²) in [6.45, 7) is 3.04. The van der Waals surface area contributed by atoms with Crippen molar-refractivity contribution >= 4 is 11.8 Å². The van der Waals surface area contributed by atoms with Crippen LogP contribution < -0.4 is 5.73 Å². The van der Waals surface area contributed by atoms with Crippen LogP contribution in [-0.2, 0) is 9.59 Å². The Morgan fingerprint density at radius 3 is 2.18 bits per heavy atom. The van der Waals surface area contributed by atoms with E-state index in [1.54, 1.807) is 6.92 Å². The number of carboxylic acid groups (broad SMARTS) is 1. The van der Waals surface area contributed by atoms with Crippen molar-refractivity contribution < 1.29 is 14.7 Å². The van der Waals surface area contributed by atoms with Gasteiger partial charge in [-0.05, 0) is 6.92 Å². The molecule has 0 aliphatic heterocycles. The second kappa shape index (κ2) is 4.08. The van der Waals surface area contributed by atoms with Crippen LogP contribution >= 0.6 is 0 Å². The number of nitrogens with two attached hydrogens (primary N) is 1. The zero-order valence-electron chi connectivity index (χ0n) is 6.70. The lowest BCUT2D eigenvalue weighted by molar-refractivity contribution is -0.143. The molecule has 0 rings (SSSR count). The summed E-state index contributed by atoms with van der Waals surface area (Å²) < 4.78 is 0. The van der Waals surface area contributed by atoms with Gasteiger partial charge in [0.2, 0.25) is 0 Å². The van der Waals surface area contributed by atoms with E-state index < -0.39 is 17.9 Å². The molecule has 0 fully saturated rings. The van der Waals surface area contributed by atoms with Gasteiger partial charge in [-0.1, -0.05) is 6.92 Å². The highest BCUT2D eigenvalue weighted by molar-refractivity contribution is 5.87. The molecule has 0 saturated carbocycles. The second-order valence-corrected chi connectivity index (χ2v) is 2.70. The van der Waals surface area contributed by atoms with Crippen LogP contribution in [0.5, 0.6) is 0 Å². The fourth-order valence-electron chi connectivity index (χ4n) is 0.575. The first-order chi connectivity index (χ1) is 4.95. The molecular weight excluding hydrogens is 146 g/mol. The molecule has 0 heterocycles. The van der Waals surface area contributed by atoms with Crippen LogP contribution in [0.1, 0.15) is 20.3 Å². The van der Waals surface area contributed by atoms with E-state index in [-0.39, 0.29) is 12.2 Å². The Labute approximate surface area is 65.4 Å². The average Bonchev–Trinajstić information content (AvgIpc) is 1.87.